The van der Waals surface area contributed by atoms with Gasteiger partial charge in [-0.25, -0.2) is 4.79 Å². The highest BCUT2D eigenvalue weighted by molar-refractivity contribution is 6.35. The van der Waals surface area contributed by atoms with Gasteiger partial charge in [0, 0.05) is 29.2 Å². The molecule has 31 heavy (non-hydrogen) atoms. The van der Waals surface area contributed by atoms with Gasteiger partial charge in [-0.15, -0.1) is 0 Å². The van der Waals surface area contributed by atoms with Crippen LogP contribution in [0.5, 0.6) is 5.75 Å². The number of hydrogen-bond acceptors (Lipinski definition) is 4. The molecule has 0 saturated carbocycles. The van der Waals surface area contributed by atoms with Crippen molar-refractivity contribution < 1.29 is 19.1 Å². The van der Waals surface area contributed by atoms with Gasteiger partial charge in [0.15, 0.2) is 5.78 Å². The van der Waals surface area contributed by atoms with Crippen molar-refractivity contribution in [1.29, 1.82) is 0 Å². The standard InChI is InChI=1S/C24H27Cl2NO4/c1-24(2,3)31-23(29)27-12-10-16(11-13-27)15-30-19-8-9-20(21(26)14-19)22(28)17-4-6-18(25)7-5-17/h4-9,14,16H,10-13,15H2,1-3H3. The van der Waals surface area contributed by atoms with Crippen LogP contribution in [0.25, 0.3) is 0 Å². The molecule has 7 heteroatoms. The van der Waals surface area contributed by atoms with Crippen LogP contribution in [-0.4, -0.2) is 42.1 Å². The van der Waals surface area contributed by atoms with Crippen LogP contribution >= 0.6 is 23.2 Å². The molecule has 2 aromatic rings. The van der Waals surface area contributed by atoms with E-state index in [9.17, 15) is 9.59 Å². The number of hydrogen-bond donors (Lipinski definition) is 0. The first-order valence-corrected chi connectivity index (χ1v) is 11.1. The Kier molecular flexibility index (Phi) is 7.50. The van der Waals surface area contributed by atoms with E-state index in [1.165, 1.54) is 0 Å². The summed E-state index contributed by atoms with van der Waals surface area (Å²) in [4.78, 5) is 26.6. The lowest BCUT2D eigenvalue weighted by Gasteiger charge is -2.33. The summed E-state index contributed by atoms with van der Waals surface area (Å²) in [6.07, 6.45) is 1.43. The predicted octanol–water partition coefficient (Wildman–Crippen LogP) is 6.25. The van der Waals surface area contributed by atoms with Gasteiger partial charge in [0.2, 0.25) is 0 Å². The van der Waals surface area contributed by atoms with Crippen LogP contribution < -0.4 is 4.74 Å². The molecule has 1 heterocycles. The smallest absolute Gasteiger partial charge is 0.410 e. The second-order valence-electron chi connectivity index (χ2n) is 8.70. The summed E-state index contributed by atoms with van der Waals surface area (Å²) in [6, 6.07) is 11.8. The van der Waals surface area contributed by atoms with Crippen LogP contribution in [0.3, 0.4) is 0 Å². The average Bonchev–Trinajstić information content (AvgIpc) is 2.71. The number of benzene rings is 2. The average molecular weight is 464 g/mol. The van der Waals surface area contributed by atoms with Crippen molar-refractivity contribution >= 4 is 35.1 Å². The first-order chi connectivity index (χ1) is 14.6. The molecule has 0 radical (unpaired) electrons. The summed E-state index contributed by atoms with van der Waals surface area (Å²) >= 11 is 12.2. The number of likely N-dealkylation sites (tertiary alicyclic amines) is 1. The second-order valence-corrected chi connectivity index (χ2v) is 9.54. The van der Waals surface area contributed by atoms with Crippen molar-refractivity contribution in [3.63, 3.8) is 0 Å². The SMILES string of the molecule is CC(C)(C)OC(=O)N1CCC(COc2ccc(C(=O)c3ccc(Cl)cc3)c(Cl)c2)CC1. The van der Waals surface area contributed by atoms with E-state index >= 15 is 0 Å². The van der Waals surface area contributed by atoms with E-state index in [1.54, 1.807) is 47.4 Å². The van der Waals surface area contributed by atoms with Crippen LogP contribution in [0.15, 0.2) is 42.5 Å². The first-order valence-electron chi connectivity index (χ1n) is 10.3. The van der Waals surface area contributed by atoms with E-state index in [0.717, 1.165) is 12.8 Å². The van der Waals surface area contributed by atoms with Crippen molar-refractivity contribution in [3.05, 3.63) is 63.6 Å². The molecule has 1 aliphatic heterocycles. The fraction of sp³-hybridized carbons (Fsp3) is 0.417. The van der Waals surface area contributed by atoms with E-state index in [0.29, 0.717) is 52.5 Å². The van der Waals surface area contributed by atoms with Crippen LogP contribution in [0, 0.1) is 5.92 Å². The maximum absolute atomic E-state index is 12.7. The number of halogens is 2. The molecule has 0 spiro atoms. The third-order valence-corrected chi connectivity index (χ3v) is 5.61. The molecule has 0 aliphatic carbocycles. The van der Waals surface area contributed by atoms with Crippen molar-refractivity contribution in [1.82, 2.24) is 4.90 Å². The Balaban J connectivity index is 1.52. The number of carbonyl (C=O) groups excluding carboxylic acids is 2. The molecule has 0 N–H and O–H groups in total. The number of ketones is 1. The van der Waals surface area contributed by atoms with Gasteiger partial charge in [0.1, 0.15) is 11.4 Å². The van der Waals surface area contributed by atoms with Gasteiger partial charge in [-0.1, -0.05) is 23.2 Å². The fourth-order valence-corrected chi connectivity index (χ4v) is 3.73. The predicted molar refractivity (Wildman–Crippen MR) is 122 cm³/mol. The van der Waals surface area contributed by atoms with Gasteiger partial charge >= 0.3 is 6.09 Å². The minimum atomic E-state index is -0.489. The van der Waals surface area contributed by atoms with Crippen LogP contribution in [0.1, 0.15) is 49.5 Å². The minimum absolute atomic E-state index is 0.164. The summed E-state index contributed by atoms with van der Waals surface area (Å²) in [5.41, 5.74) is 0.455. The van der Waals surface area contributed by atoms with Gasteiger partial charge < -0.3 is 14.4 Å². The number of rotatable bonds is 5. The van der Waals surface area contributed by atoms with E-state index in [4.69, 9.17) is 32.7 Å². The molecule has 0 bridgehead atoms. The zero-order valence-corrected chi connectivity index (χ0v) is 19.5. The highest BCUT2D eigenvalue weighted by atomic mass is 35.5. The zero-order valence-electron chi connectivity index (χ0n) is 18.0. The zero-order chi connectivity index (χ0) is 22.6. The fourth-order valence-electron chi connectivity index (χ4n) is 3.35. The Hall–Kier alpha value is -2.24. The van der Waals surface area contributed by atoms with Crippen molar-refractivity contribution in [2.75, 3.05) is 19.7 Å². The third-order valence-electron chi connectivity index (χ3n) is 5.04. The quantitative estimate of drug-likeness (QED) is 0.491. The summed E-state index contributed by atoms with van der Waals surface area (Å²) < 4.78 is 11.3. The Morgan fingerprint density at radius 3 is 2.26 bits per heavy atom. The summed E-state index contributed by atoms with van der Waals surface area (Å²) in [5.74, 6) is 0.794. The maximum Gasteiger partial charge on any atom is 0.410 e. The minimum Gasteiger partial charge on any atom is -0.493 e. The van der Waals surface area contributed by atoms with Gasteiger partial charge in [-0.2, -0.15) is 0 Å². The Labute approximate surface area is 193 Å². The second kappa shape index (κ2) is 9.92. The molecule has 1 fully saturated rings. The molecular weight excluding hydrogens is 437 g/mol. The van der Waals surface area contributed by atoms with Crippen molar-refractivity contribution in [3.8, 4) is 5.75 Å². The van der Waals surface area contributed by atoms with E-state index in [-0.39, 0.29) is 11.9 Å². The van der Waals surface area contributed by atoms with Gasteiger partial charge in [0.05, 0.1) is 11.6 Å². The number of amides is 1. The third kappa shape index (κ3) is 6.62. The largest absolute Gasteiger partial charge is 0.493 e. The van der Waals surface area contributed by atoms with Gasteiger partial charge in [-0.05, 0) is 82.0 Å². The molecule has 0 unspecified atom stereocenters. The van der Waals surface area contributed by atoms with E-state index < -0.39 is 5.60 Å². The number of piperidine rings is 1. The molecule has 1 saturated heterocycles. The van der Waals surface area contributed by atoms with Gasteiger partial charge in [-0.3, -0.25) is 4.79 Å². The Morgan fingerprint density at radius 2 is 1.68 bits per heavy atom. The monoisotopic (exact) mass is 463 g/mol. The molecule has 0 aromatic heterocycles. The molecule has 166 valence electrons. The first kappa shape index (κ1) is 23.4. The van der Waals surface area contributed by atoms with Crippen molar-refractivity contribution in [2.45, 2.75) is 39.2 Å². The van der Waals surface area contributed by atoms with Crippen LogP contribution in [0.4, 0.5) is 4.79 Å². The molecule has 2 aromatic carbocycles. The normalized spacial score (nSPS) is 14.9. The van der Waals surface area contributed by atoms with E-state index in [2.05, 4.69) is 0 Å². The number of nitrogens with zero attached hydrogens (tertiary/aromatic N) is 1. The topological polar surface area (TPSA) is 55.8 Å². The van der Waals surface area contributed by atoms with Crippen molar-refractivity contribution in [2.24, 2.45) is 5.92 Å². The molecule has 1 amide bonds. The highest BCUT2D eigenvalue weighted by Gasteiger charge is 2.27. The lowest BCUT2D eigenvalue weighted by atomic mass is 9.98. The highest BCUT2D eigenvalue weighted by Crippen LogP contribution is 2.27. The van der Waals surface area contributed by atoms with Gasteiger partial charge in [0.25, 0.3) is 0 Å². The number of ether oxygens (including phenoxy) is 2. The molecular formula is C24H27Cl2NO4. The molecule has 0 atom stereocenters. The van der Waals surface area contributed by atoms with E-state index in [1.807, 2.05) is 20.8 Å². The lowest BCUT2D eigenvalue weighted by Crippen LogP contribution is -2.42. The summed E-state index contributed by atoms with van der Waals surface area (Å²) in [5, 5.41) is 0.917. The molecule has 3 rings (SSSR count). The molecule has 5 nitrogen and oxygen atoms in total. The summed E-state index contributed by atoms with van der Waals surface area (Å²) in [7, 11) is 0. The number of carbonyl (C=O) groups is 2. The maximum atomic E-state index is 12.7. The Bertz CT molecular complexity index is 930. The summed E-state index contributed by atoms with van der Waals surface area (Å²) in [6.45, 7) is 7.43. The Morgan fingerprint density at radius 1 is 1.03 bits per heavy atom. The lowest BCUT2D eigenvalue weighted by molar-refractivity contribution is 0.0165. The van der Waals surface area contributed by atoms with Crippen LogP contribution in [-0.2, 0) is 4.74 Å². The molecule has 1 aliphatic rings. The van der Waals surface area contributed by atoms with Crippen LogP contribution in [0.2, 0.25) is 10.0 Å².